The molecule has 0 N–H and O–H groups in total. The first-order chi connectivity index (χ1) is 9.59. The minimum atomic E-state index is 0. The number of aryl methyl sites for hydroxylation is 1. The summed E-state index contributed by atoms with van der Waals surface area (Å²) in [6.45, 7) is 1.85. The monoisotopic (exact) mass is 400 g/mol. The van der Waals surface area contributed by atoms with Crippen LogP contribution < -0.4 is 0 Å². The van der Waals surface area contributed by atoms with Gasteiger partial charge in [0.1, 0.15) is 0 Å². The zero-order chi connectivity index (χ0) is 14.5. The van der Waals surface area contributed by atoms with Crippen LogP contribution in [0.15, 0.2) is 41.5 Å². The molecule has 5 heteroatoms. The Bertz CT molecular complexity index is 577. The van der Waals surface area contributed by atoms with Crippen LogP contribution in [0.5, 0.6) is 0 Å². The molecule has 116 valence electrons. The van der Waals surface area contributed by atoms with Crippen LogP contribution in [-0.4, -0.2) is 55.1 Å². The van der Waals surface area contributed by atoms with E-state index in [1.807, 2.05) is 38.0 Å². The molecule has 0 unspecified atom stereocenters. The highest BCUT2D eigenvalue weighted by Crippen LogP contribution is 2.15. The average Bonchev–Trinajstić information content (AvgIpc) is 2.81. The number of aliphatic imine (C=N–C) groups is 1. The lowest BCUT2D eigenvalue weighted by atomic mass is 10.2. The van der Waals surface area contributed by atoms with Gasteiger partial charge in [-0.25, -0.2) is 0 Å². The van der Waals surface area contributed by atoms with E-state index in [-0.39, 0.29) is 24.0 Å². The summed E-state index contributed by atoms with van der Waals surface area (Å²) in [6, 6.07) is 10.7. The predicted molar refractivity (Wildman–Crippen MR) is 102 cm³/mol. The van der Waals surface area contributed by atoms with Crippen molar-refractivity contribution in [3.05, 3.63) is 36.5 Å². The van der Waals surface area contributed by atoms with Crippen LogP contribution in [0.4, 0.5) is 0 Å². The molecule has 1 aromatic carbocycles. The third kappa shape index (κ3) is 4.62. The minimum Gasteiger partial charge on any atom is -0.349 e. The first-order valence-corrected chi connectivity index (χ1v) is 7.02. The normalized spacial score (nSPS) is 10.1. The lowest BCUT2D eigenvalue weighted by Crippen LogP contribution is -2.35. The average molecular weight is 400 g/mol. The molecule has 0 bridgehead atoms. The Hall–Kier alpha value is -1.24. The Morgan fingerprint density at radius 1 is 1.05 bits per heavy atom. The van der Waals surface area contributed by atoms with Crippen LogP contribution in [-0.2, 0) is 6.54 Å². The summed E-state index contributed by atoms with van der Waals surface area (Å²) in [6.07, 6.45) is 3.21. The molecule has 2 rings (SSSR count). The van der Waals surface area contributed by atoms with Crippen molar-refractivity contribution in [2.24, 2.45) is 4.99 Å². The van der Waals surface area contributed by atoms with Gasteiger partial charge < -0.3 is 14.4 Å². The highest BCUT2D eigenvalue weighted by atomic mass is 127. The third-order valence-electron chi connectivity index (χ3n) is 3.29. The number of aromatic nitrogens is 1. The second-order valence-electron chi connectivity index (χ2n) is 5.39. The highest BCUT2D eigenvalue weighted by molar-refractivity contribution is 14.0. The number of nitrogens with zero attached hydrogens (tertiary/aromatic N) is 4. The zero-order valence-electron chi connectivity index (χ0n) is 13.3. The lowest BCUT2D eigenvalue weighted by molar-refractivity contribution is 0.478. The molecule has 0 atom stereocenters. The van der Waals surface area contributed by atoms with Crippen molar-refractivity contribution in [3.63, 3.8) is 0 Å². The fourth-order valence-corrected chi connectivity index (χ4v) is 2.44. The molecule has 0 saturated heterocycles. The summed E-state index contributed by atoms with van der Waals surface area (Å²) in [5.74, 6) is 1.02. The van der Waals surface area contributed by atoms with E-state index in [1.54, 1.807) is 0 Å². The number of para-hydroxylation sites is 1. The predicted octanol–water partition coefficient (Wildman–Crippen LogP) is 3.13. The summed E-state index contributed by atoms with van der Waals surface area (Å²) < 4.78 is 2.30. The number of benzene rings is 1. The van der Waals surface area contributed by atoms with Crippen LogP contribution in [0, 0.1) is 0 Å². The third-order valence-corrected chi connectivity index (χ3v) is 3.29. The van der Waals surface area contributed by atoms with E-state index >= 15 is 0 Å². The molecule has 1 aromatic heterocycles. The maximum Gasteiger partial charge on any atom is 0.195 e. The fraction of sp³-hybridized carbons (Fsp3) is 0.438. The van der Waals surface area contributed by atoms with E-state index in [9.17, 15) is 0 Å². The van der Waals surface area contributed by atoms with Gasteiger partial charge in [-0.3, -0.25) is 4.99 Å². The van der Waals surface area contributed by atoms with E-state index in [1.165, 1.54) is 10.9 Å². The second kappa shape index (κ2) is 8.26. The summed E-state index contributed by atoms with van der Waals surface area (Å²) >= 11 is 0. The molecule has 0 aliphatic heterocycles. The number of halogens is 1. The maximum absolute atomic E-state index is 4.66. The van der Waals surface area contributed by atoms with E-state index in [0.717, 1.165) is 25.5 Å². The van der Waals surface area contributed by atoms with Gasteiger partial charge in [0.25, 0.3) is 0 Å². The maximum atomic E-state index is 4.66. The van der Waals surface area contributed by atoms with Crippen molar-refractivity contribution in [2.75, 3.05) is 34.7 Å². The number of rotatable bonds is 4. The number of fused-ring (bicyclic) bond motifs is 1. The van der Waals surface area contributed by atoms with Crippen molar-refractivity contribution >= 4 is 40.8 Å². The van der Waals surface area contributed by atoms with E-state index in [4.69, 9.17) is 0 Å². The topological polar surface area (TPSA) is 23.8 Å². The summed E-state index contributed by atoms with van der Waals surface area (Å²) in [4.78, 5) is 8.75. The SMILES string of the molecule is CN(C)C(=NCCCn1ccc2ccccc21)N(C)C.I. The number of hydrogen-bond acceptors (Lipinski definition) is 1. The van der Waals surface area contributed by atoms with Gasteiger partial charge in [0.15, 0.2) is 5.96 Å². The summed E-state index contributed by atoms with van der Waals surface area (Å²) in [5.41, 5.74) is 1.30. The smallest absolute Gasteiger partial charge is 0.195 e. The van der Waals surface area contributed by atoms with Crippen LogP contribution in [0.25, 0.3) is 10.9 Å². The van der Waals surface area contributed by atoms with Crippen molar-refractivity contribution in [2.45, 2.75) is 13.0 Å². The molecule has 0 aliphatic carbocycles. The van der Waals surface area contributed by atoms with Crippen LogP contribution in [0.1, 0.15) is 6.42 Å². The van der Waals surface area contributed by atoms with E-state index < -0.39 is 0 Å². The lowest BCUT2D eigenvalue weighted by Gasteiger charge is -2.22. The van der Waals surface area contributed by atoms with E-state index in [0.29, 0.717) is 0 Å². The largest absolute Gasteiger partial charge is 0.349 e. The Morgan fingerprint density at radius 3 is 2.38 bits per heavy atom. The van der Waals surface area contributed by atoms with Crippen LogP contribution >= 0.6 is 24.0 Å². The van der Waals surface area contributed by atoms with Crippen molar-refractivity contribution < 1.29 is 0 Å². The molecule has 0 fully saturated rings. The fourth-order valence-electron chi connectivity index (χ4n) is 2.44. The second-order valence-corrected chi connectivity index (χ2v) is 5.39. The molecule has 0 aliphatic rings. The molecular formula is C16H25IN4. The van der Waals surface area contributed by atoms with Gasteiger partial charge in [0, 0.05) is 53.0 Å². The van der Waals surface area contributed by atoms with Gasteiger partial charge in [0.2, 0.25) is 0 Å². The van der Waals surface area contributed by atoms with Gasteiger partial charge in [-0.2, -0.15) is 0 Å². The Morgan fingerprint density at radius 2 is 1.71 bits per heavy atom. The van der Waals surface area contributed by atoms with Gasteiger partial charge >= 0.3 is 0 Å². The zero-order valence-corrected chi connectivity index (χ0v) is 15.6. The van der Waals surface area contributed by atoms with E-state index in [2.05, 4.69) is 46.1 Å². The molecule has 0 radical (unpaired) electrons. The quantitative estimate of drug-likeness (QED) is 0.341. The van der Waals surface area contributed by atoms with Gasteiger partial charge in [-0.05, 0) is 23.9 Å². The standard InChI is InChI=1S/C16H24N4.HI/c1-18(2)16(19(3)4)17-11-7-12-20-13-10-14-8-5-6-9-15(14)20;/h5-6,8-10,13H,7,11-12H2,1-4H3;1H. The van der Waals surface area contributed by atoms with Gasteiger partial charge in [-0.1, -0.05) is 18.2 Å². The van der Waals surface area contributed by atoms with Crippen molar-refractivity contribution in [1.82, 2.24) is 14.4 Å². The van der Waals surface area contributed by atoms with Gasteiger partial charge in [-0.15, -0.1) is 24.0 Å². The Balaban J connectivity index is 0.00000220. The first kappa shape index (κ1) is 17.8. The van der Waals surface area contributed by atoms with Crippen LogP contribution in [0.3, 0.4) is 0 Å². The van der Waals surface area contributed by atoms with Gasteiger partial charge in [0.05, 0.1) is 0 Å². The molecule has 21 heavy (non-hydrogen) atoms. The summed E-state index contributed by atoms with van der Waals surface area (Å²) in [5, 5.41) is 1.30. The van der Waals surface area contributed by atoms with Crippen molar-refractivity contribution in [3.8, 4) is 0 Å². The Kier molecular flexibility index (Phi) is 7.01. The molecule has 1 heterocycles. The molecule has 0 spiro atoms. The minimum absolute atomic E-state index is 0. The molecule has 0 saturated carbocycles. The Labute approximate surface area is 144 Å². The number of hydrogen-bond donors (Lipinski definition) is 0. The summed E-state index contributed by atoms with van der Waals surface area (Å²) in [7, 11) is 8.10. The van der Waals surface area contributed by atoms with Crippen LogP contribution in [0.2, 0.25) is 0 Å². The molecule has 2 aromatic rings. The first-order valence-electron chi connectivity index (χ1n) is 7.02. The highest BCUT2D eigenvalue weighted by Gasteiger charge is 2.03. The molecular weight excluding hydrogens is 375 g/mol. The molecule has 0 amide bonds. The molecule has 4 nitrogen and oxygen atoms in total. The number of guanidine groups is 1. The van der Waals surface area contributed by atoms with Crippen molar-refractivity contribution in [1.29, 1.82) is 0 Å².